The molecule has 3 aromatic rings. The fourth-order valence-corrected chi connectivity index (χ4v) is 1.50. The number of aromatic nitrogens is 6. The smallest absolute Gasteiger partial charge is 0.226 e. The zero-order chi connectivity index (χ0) is 11.0. The van der Waals surface area contributed by atoms with Gasteiger partial charge in [0.05, 0.1) is 6.33 Å². The fourth-order valence-electron chi connectivity index (χ4n) is 1.50. The number of nitrogens with one attached hydrogen (secondary N) is 2. The standard InChI is InChI=1S/C9H9N7/c1-10-9-14-7-6(12-4-13-7)8(15-9)16-3-2-11-5-16/h2-5H,1H3,(H2,10,12,13,14,15). The minimum atomic E-state index is 0.531. The first-order chi connectivity index (χ1) is 7.88. The summed E-state index contributed by atoms with van der Waals surface area (Å²) >= 11 is 0. The third kappa shape index (κ3) is 1.22. The predicted octanol–water partition coefficient (Wildman–Crippen LogP) is 0.580. The summed E-state index contributed by atoms with van der Waals surface area (Å²) in [6.07, 6.45) is 6.80. The molecule has 3 rings (SSSR count). The topological polar surface area (TPSA) is 84.3 Å². The van der Waals surface area contributed by atoms with Crippen LogP contribution < -0.4 is 5.32 Å². The lowest BCUT2D eigenvalue weighted by Crippen LogP contribution is -2.03. The molecule has 3 aromatic heterocycles. The van der Waals surface area contributed by atoms with Crippen LogP contribution in [-0.2, 0) is 0 Å². The minimum Gasteiger partial charge on any atom is -0.357 e. The highest BCUT2D eigenvalue weighted by Gasteiger charge is 2.10. The van der Waals surface area contributed by atoms with Gasteiger partial charge in [0, 0.05) is 19.4 Å². The van der Waals surface area contributed by atoms with Gasteiger partial charge in [0.2, 0.25) is 5.95 Å². The summed E-state index contributed by atoms with van der Waals surface area (Å²) in [5.74, 6) is 1.26. The lowest BCUT2D eigenvalue weighted by molar-refractivity contribution is 0.988. The van der Waals surface area contributed by atoms with E-state index in [1.807, 2.05) is 10.8 Å². The van der Waals surface area contributed by atoms with Crippen LogP contribution in [0.5, 0.6) is 0 Å². The number of fused-ring (bicyclic) bond motifs is 1. The van der Waals surface area contributed by atoms with Crippen LogP contribution in [0.15, 0.2) is 25.0 Å². The Labute approximate surface area is 90.6 Å². The Morgan fingerprint density at radius 3 is 3.06 bits per heavy atom. The molecule has 0 aliphatic heterocycles. The van der Waals surface area contributed by atoms with Crippen molar-refractivity contribution in [2.45, 2.75) is 0 Å². The van der Waals surface area contributed by atoms with Crippen molar-refractivity contribution in [3.63, 3.8) is 0 Å². The number of imidazole rings is 2. The molecule has 0 fully saturated rings. The predicted molar refractivity (Wildman–Crippen MR) is 58.4 cm³/mol. The number of aromatic amines is 1. The van der Waals surface area contributed by atoms with Crippen molar-refractivity contribution in [1.29, 1.82) is 0 Å². The van der Waals surface area contributed by atoms with Gasteiger partial charge in [0.1, 0.15) is 11.8 Å². The van der Waals surface area contributed by atoms with Gasteiger partial charge in [0.15, 0.2) is 11.5 Å². The van der Waals surface area contributed by atoms with E-state index in [2.05, 4.69) is 30.2 Å². The van der Waals surface area contributed by atoms with E-state index in [0.29, 0.717) is 11.6 Å². The molecule has 0 aromatic carbocycles. The number of anilines is 1. The molecular weight excluding hydrogens is 206 g/mol. The molecule has 0 aliphatic carbocycles. The van der Waals surface area contributed by atoms with E-state index in [0.717, 1.165) is 11.3 Å². The summed E-state index contributed by atoms with van der Waals surface area (Å²) in [6, 6.07) is 0. The van der Waals surface area contributed by atoms with Crippen LogP contribution in [0.1, 0.15) is 0 Å². The zero-order valence-electron chi connectivity index (χ0n) is 8.55. The van der Waals surface area contributed by atoms with Crippen LogP contribution in [0.4, 0.5) is 5.95 Å². The highest BCUT2D eigenvalue weighted by atomic mass is 15.2. The number of H-pyrrole nitrogens is 1. The number of hydrogen-bond acceptors (Lipinski definition) is 5. The fraction of sp³-hybridized carbons (Fsp3) is 0.111. The van der Waals surface area contributed by atoms with E-state index < -0.39 is 0 Å². The second-order valence-electron chi connectivity index (χ2n) is 3.19. The van der Waals surface area contributed by atoms with Crippen molar-refractivity contribution in [3.8, 4) is 5.82 Å². The van der Waals surface area contributed by atoms with E-state index in [1.54, 1.807) is 25.9 Å². The molecular formula is C9H9N7. The Bertz CT molecular complexity index is 610. The lowest BCUT2D eigenvalue weighted by Gasteiger charge is -2.04. The number of nitrogens with zero attached hydrogens (tertiary/aromatic N) is 5. The van der Waals surface area contributed by atoms with Crippen molar-refractivity contribution in [1.82, 2.24) is 29.5 Å². The molecule has 0 radical (unpaired) electrons. The summed E-state index contributed by atoms with van der Waals surface area (Å²) in [7, 11) is 1.77. The summed E-state index contributed by atoms with van der Waals surface area (Å²) in [4.78, 5) is 19.7. The van der Waals surface area contributed by atoms with E-state index in [4.69, 9.17) is 0 Å². The molecule has 7 nitrogen and oxygen atoms in total. The van der Waals surface area contributed by atoms with Crippen LogP contribution in [0.2, 0.25) is 0 Å². The normalized spacial score (nSPS) is 10.8. The molecule has 2 N–H and O–H groups in total. The first-order valence-corrected chi connectivity index (χ1v) is 4.75. The van der Waals surface area contributed by atoms with Gasteiger partial charge in [-0.05, 0) is 0 Å². The average Bonchev–Trinajstić information content (AvgIpc) is 2.98. The third-order valence-electron chi connectivity index (χ3n) is 2.24. The van der Waals surface area contributed by atoms with Crippen molar-refractivity contribution < 1.29 is 0 Å². The summed E-state index contributed by atoms with van der Waals surface area (Å²) in [6.45, 7) is 0. The monoisotopic (exact) mass is 215 g/mol. The Morgan fingerprint density at radius 1 is 1.38 bits per heavy atom. The summed E-state index contributed by atoms with van der Waals surface area (Å²) in [5.41, 5.74) is 1.42. The van der Waals surface area contributed by atoms with Gasteiger partial charge < -0.3 is 10.3 Å². The Balaban J connectivity index is 2.33. The van der Waals surface area contributed by atoms with Gasteiger partial charge in [-0.1, -0.05) is 0 Å². The van der Waals surface area contributed by atoms with Gasteiger partial charge in [0.25, 0.3) is 0 Å². The van der Waals surface area contributed by atoms with E-state index in [-0.39, 0.29) is 0 Å². The Hall–Kier alpha value is -2.44. The van der Waals surface area contributed by atoms with Crippen LogP contribution >= 0.6 is 0 Å². The van der Waals surface area contributed by atoms with Gasteiger partial charge >= 0.3 is 0 Å². The van der Waals surface area contributed by atoms with Crippen molar-refractivity contribution in [3.05, 3.63) is 25.0 Å². The quantitative estimate of drug-likeness (QED) is 0.653. The molecule has 0 bridgehead atoms. The molecule has 0 aliphatic rings. The Morgan fingerprint density at radius 2 is 2.31 bits per heavy atom. The maximum Gasteiger partial charge on any atom is 0.226 e. The number of hydrogen-bond donors (Lipinski definition) is 2. The maximum atomic E-state index is 4.36. The van der Waals surface area contributed by atoms with Crippen LogP contribution in [-0.4, -0.2) is 36.5 Å². The highest BCUT2D eigenvalue weighted by Crippen LogP contribution is 2.16. The molecule has 80 valence electrons. The van der Waals surface area contributed by atoms with Crippen LogP contribution in [0, 0.1) is 0 Å². The van der Waals surface area contributed by atoms with Crippen LogP contribution in [0.3, 0.4) is 0 Å². The second kappa shape index (κ2) is 3.30. The molecule has 0 unspecified atom stereocenters. The maximum absolute atomic E-state index is 4.36. The summed E-state index contributed by atoms with van der Waals surface area (Å²) in [5, 5.41) is 2.90. The minimum absolute atomic E-state index is 0.531. The molecule has 3 heterocycles. The molecule has 0 amide bonds. The SMILES string of the molecule is CNc1nc(-n2ccnc2)c2[nH]cnc2n1. The molecule has 0 saturated heterocycles. The zero-order valence-corrected chi connectivity index (χ0v) is 8.55. The van der Waals surface area contributed by atoms with Gasteiger partial charge in [-0.15, -0.1) is 0 Å². The van der Waals surface area contributed by atoms with Gasteiger partial charge in [-0.25, -0.2) is 9.97 Å². The third-order valence-corrected chi connectivity index (χ3v) is 2.24. The second-order valence-corrected chi connectivity index (χ2v) is 3.19. The van der Waals surface area contributed by atoms with Gasteiger partial charge in [-0.3, -0.25) is 4.57 Å². The molecule has 7 heteroatoms. The Kier molecular flexibility index (Phi) is 1.82. The van der Waals surface area contributed by atoms with E-state index in [1.165, 1.54) is 0 Å². The molecule has 16 heavy (non-hydrogen) atoms. The first-order valence-electron chi connectivity index (χ1n) is 4.75. The number of rotatable bonds is 2. The van der Waals surface area contributed by atoms with Crippen molar-refractivity contribution in [2.75, 3.05) is 12.4 Å². The van der Waals surface area contributed by atoms with E-state index >= 15 is 0 Å². The summed E-state index contributed by atoms with van der Waals surface area (Å²) < 4.78 is 1.81. The van der Waals surface area contributed by atoms with Crippen molar-refractivity contribution in [2.24, 2.45) is 0 Å². The van der Waals surface area contributed by atoms with Crippen molar-refractivity contribution >= 4 is 17.1 Å². The largest absolute Gasteiger partial charge is 0.357 e. The molecule has 0 spiro atoms. The van der Waals surface area contributed by atoms with E-state index in [9.17, 15) is 0 Å². The van der Waals surface area contributed by atoms with Crippen LogP contribution in [0.25, 0.3) is 17.0 Å². The molecule has 0 atom stereocenters. The lowest BCUT2D eigenvalue weighted by atomic mass is 10.5. The first kappa shape index (κ1) is 8.84. The highest BCUT2D eigenvalue weighted by molar-refractivity contribution is 5.79. The molecule has 0 saturated carbocycles. The van der Waals surface area contributed by atoms with Gasteiger partial charge in [-0.2, -0.15) is 9.97 Å². The average molecular weight is 215 g/mol.